The zero-order valence-electron chi connectivity index (χ0n) is 22.8. The molecule has 10 heteroatoms. The molecular formula is C29H36ClN5O3S. The van der Waals surface area contributed by atoms with E-state index < -0.39 is 10.0 Å². The van der Waals surface area contributed by atoms with E-state index >= 15 is 0 Å². The number of nitrogens with one attached hydrogen (secondary N) is 1. The summed E-state index contributed by atoms with van der Waals surface area (Å²) in [4.78, 5) is 22.8. The van der Waals surface area contributed by atoms with Crippen LogP contribution < -0.4 is 10.9 Å². The van der Waals surface area contributed by atoms with Crippen LogP contribution in [0, 0.1) is 24.2 Å². The van der Waals surface area contributed by atoms with Crippen molar-refractivity contribution in [3.05, 3.63) is 51.4 Å². The van der Waals surface area contributed by atoms with Gasteiger partial charge in [-0.1, -0.05) is 31.9 Å². The lowest BCUT2D eigenvalue weighted by Crippen LogP contribution is -2.39. The predicted octanol–water partition coefficient (Wildman–Crippen LogP) is 6.06. The van der Waals surface area contributed by atoms with E-state index in [-0.39, 0.29) is 22.0 Å². The van der Waals surface area contributed by atoms with Crippen LogP contribution in [0.5, 0.6) is 0 Å². The minimum Gasteiger partial charge on any atom is -0.324 e. The molecule has 1 spiro atoms. The fraction of sp³-hybridized carbons (Fsp3) is 0.552. The molecular weight excluding hydrogens is 534 g/mol. The molecule has 1 aliphatic heterocycles. The molecule has 1 N–H and O–H groups in total. The minimum atomic E-state index is -3.56. The molecule has 0 amide bonds. The third-order valence-corrected chi connectivity index (χ3v) is 11.5. The molecule has 2 aromatic heterocycles. The van der Waals surface area contributed by atoms with Gasteiger partial charge in [0.05, 0.1) is 4.90 Å². The summed E-state index contributed by atoms with van der Waals surface area (Å²) in [7, 11) is -3.56. The molecule has 8 nitrogen and oxygen atoms in total. The van der Waals surface area contributed by atoms with Crippen molar-refractivity contribution in [1.82, 2.24) is 18.8 Å². The fourth-order valence-corrected chi connectivity index (χ4v) is 8.46. The molecule has 0 bridgehead atoms. The Morgan fingerprint density at radius 2 is 1.85 bits per heavy atom. The molecule has 3 aliphatic rings. The molecule has 39 heavy (non-hydrogen) atoms. The molecule has 1 unspecified atom stereocenters. The molecule has 6 rings (SSSR count). The summed E-state index contributed by atoms with van der Waals surface area (Å²) < 4.78 is 30.1. The Labute approximate surface area is 234 Å². The zero-order valence-corrected chi connectivity index (χ0v) is 24.4. The molecule has 208 valence electrons. The highest BCUT2D eigenvalue weighted by molar-refractivity contribution is 7.89. The van der Waals surface area contributed by atoms with Gasteiger partial charge in [-0.05, 0) is 92.5 Å². The van der Waals surface area contributed by atoms with E-state index in [1.165, 1.54) is 0 Å². The summed E-state index contributed by atoms with van der Waals surface area (Å²) >= 11 is 6.35. The average Bonchev–Trinajstić information content (AvgIpc) is 3.58. The number of hydrogen-bond donors (Lipinski definition) is 1. The summed E-state index contributed by atoms with van der Waals surface area (Å²) in [5, 5.41) is 4.17. The quantitative estimate of drug-likeness (QED) is 0.387. The van der Waals surface area contributed by atoms with Gasteiger partial charge in [-0.15, -0.1) is 0 Å². The zero-order chi connectivity index (χ0) is 27.5. The maximum atomic E-state index is 13.4. The first-order chi connectivity index (χ1) is 18.6. The lowest BCUT2D eigenvalue weighted by atomic mass is 9.87. The summed E-state index contributed by atoms with van der Waals surface area (Å²) in [6.07, 6.45) is 8.95. The van der Waals surface area contributed by atoms with E-state index in [1.54, 1.807) is 39.3 Å². The standard InChI is InChI=1S/C29H36ClN5O3S/c1-18(2)20-8-13-34(14-9-20)39(37,38)22-6-7-24(19(3)15-22)32-28-31-17-21-16-23(30)27(36)35(26(21)33-28)25-5-4-10-29(25)11-12-29/h6-7,15-18,20,25H,4-5,8-14H2,1-3H3,(H,31,32,33). The Hall–Kier alpha value is -2.49. The van der Waals surface area contributed by atoms with Crippen molar-refractivity contribution in [1.29, 1.82) is 0 Å². The van der Waals surface area contributed by atoms with E-state index in [2.05, 4.69) is 24.1 Å². The molecule has 3 aromatic rings. The Morgan fingerprint density at radius 3 is 2.51 bits per heavy atom. The van der Waals surface area contributed by atoms with Gasteiger partial charge < -0.3 is 5.32 Å². The second-order valence-corrected chi connectivity index (χ2v) is 14.3. The molecule has 2 aliphatic carbocycles. The highest BCUT2D eigenvalue weighted by Gasteiger charge is 2.53. The molecule has 3 heterocycles. The van der Waals surface area contributed by atoms with Gasteiger partial charge in [-0.25, -0.2) is 13.4 Å². The third kappa shape index (κ3) is 4.76. The van der Waals surface area contributed by atoms with Gasteiger partial charge >= 0.3 is 0 Å². The lowest BCUT2D eigenvalue weighted by molar-refractivity contribution is 0.226. The van der Waals surface area contributed by atoms with Crippen molar-refractivity contribution in [3.8, 4) is 0 Å². The number of anilines is 2. The van der Waals surface area contributed by atoms with E-state index in [4.69, 9.17) is 16.6 Å². The van der Waals surface area contributed by atoms with Gasteiger partial charge in [0, 0.05) is 36.4 Å². The van der Waals surface area contributed by atoms with Crippen LogP contribution in [-0.4, -0.2) is 40.3 Å². The first-order valence-electron chi connectivity index (χ1n) is 14.0. The highest BCUT2D eigenvalue weighted by atomic mass is 35.5. The molecule has 0 radical (unpaired) electrons. The highest BCUT2D eigenvalue weighted by Crippen LogP contribution is 2.63. The second kappa shape index (κ2) is 9.85. The normalized spacial score (nSPS) is 21.7. The van der Waals surface area contributed by atoms with Crippen molar-refractivity contribution in [3.63, 3.8) is 0 Å². The Kier molecular flexibility index (Phi) is 6.75. The van der Waals surface area contributed by atoms with Crippen LogP contribution in [0.15, 0.2) is 40.2 Å². The van der Waals surface area contributed by atoms with Crippen LogP contribution in [0.25, 0.3) is 11.0 Å². The monoisotopic (exact) mass is 569 g/mol. The Bertz CT molecular complexity index is 1590. The molecule has 1 atom stereocenters. The largest absolute Gasteiger partial charge is 0.324 e. The van der Waals surface area contributed by atoms with Crippen molar-refractivity contribution < 1.29 is 8.42 Å². The van der Waals surface area contributed by atoms with Gasteiger partial charge in [0.25, 0.3) is 5.56 Å². The number of halogens is 1. The number of piperidine rings is 1. The number of aromatic nitrogens is 3. The predicted molar refractivity (Wildman–Crippen MR) is 154 cm³/mol. The van der Waals surface area contributed by atoms with E-state index in [0.29, 0.717) is 47.1 Å². The van der Waals surface area contributed by atoms with Crippen molar-refractivity contribution >= 4 is 44.3 Å². The Morgan fingerprint density at radius 1 is 1.10 bits per heavy atom. The Balaban J connectivity index is 1.28. The van der Waals surface area contributed by atoms with E-state index in [0.717, 1.165) is 55.9 Å². The maximum absolute atomic E-state index is 13.4. The number of benzene rings is 1. The number of pyridine rings is 1. The topological polar surface area (TPSA) is 97.2 Å². The molecule has 1 aromatic carbocycles. The van der Waals surface area contributed by atoms with Crippen molar-refractivity contribution in [2.45, 2.75) is 76.7 Å². The van der Waals surface area contributed by atoms with Gasteiger partial charge in [0.1, 0.15) is 10.7 Å². The lowest BCUT2D eigenvalue weighted by Gasteiger charge is -2.33. The SMILES string of the molecule is Cc1cc(S(=O)(=O)N2CCC(C(C)C)CC2)ccc1Nc1ncc2cc(Cl)c(=O)n(C3CCCC34CC4)c2n1. The van der Waals surface area contributed by atoms with Gasteiger partial charge in [-0.3, -0.25) is 9.36 Å². The van der Waals surface area contributed by atoms with Crippen LogP contribution in [0.1, 0.15) is 70.4 Å². The summed E-state index contributed by atoms with van der Waals surface area (Å²) in [5.41, 5.74) is 2.08. The minimum absolute atomic E-state index is 0.103. The van der Waals surface area contributed by atoms with E-state index in [1.807, 2.05) is 6.92 Å². The van der Waals surface area contributed by atoms with E-state index in [9.17, 15) is 13.2 Å². The maximum Gasteiger partial charge on any atom is 0.271 e. The van der Waals surface area contributed by atoms with Crippen molar-refractivity contribution in [2.75, 3.05) is 18.4 Å². The van der Waals surface area contributed by atoms with Gasteiger partial charge in [-0.2, -0.15) is 9.29 Å². The number of sulfonamides is 1. The third-order valence-electron chi connectivity index (χ3n) is 9.32. The number of aryl methyl sites for hydroxylation is 1. The fourth-order valence-electron chi connectivity index (χ4n) is 6.69. The smallest absolute Gasteiger partial charge is 0.271 e. The van der Waals surface area contributed by atoms with Crippen LogP contribution in [-0.2, 0) is 10.0 Å². The molecule has 2 saturated carbocycles. The summed E-state index contributed by atoms with van der Waals surface area (Å²) in [5.74, 6) is 1.50. The molecule has 1 saturated heterocycles. The number of fused-ring (bicyclic) bond motifs is 1. The van der Waals surface area contributed by atoms with Crippen LogP contribution in [0.2, 0.25) is 5.02 Å². The average molecular weight is 570 g/mol. The summed E-state index contributed by atoms with van der Waals surface area (Å²) in [6, 6.07) is 6.86. The van der Waals surface area contributed by atoms with Crippen LogP contribution >= 0.6 is 11.6 Å². The van der Waals surface area contributed by atoms with Crippen molar-refractivity contribution in [2.24, 2.45) is 17.3 Å². The van der Waals surface area contributed by atoms with Crippen LogP contribution in [0.4, 0.5) is 11.6 Å². The van der Waals surface area contributed by atoms with Gasteiger partial charge in [0.15, 0.2) is 0 Å². The number of nitrogens with zero attached hydrogens (tertiary/aromatic N) is 4. The summed E-state index contributed by atoms with van der Waals surface area (Å²) in [6.45, 7) is 7.40. The van der Waals surface area contributed by atoms with Gasteiger partial charge in [0.2, 0.25) is 16.0 Å². The molecule has 3 fully saturated rings. The second-order valence-electron chi connectivity index (χ2n) is 12.0. The number of rotatable bonds is 6. The number of hydrogen-bond acceptors (Lipinski definition) is 6. The van der Waals surface area contributed by atoms with Crippen LogP contribution in [0.3, 0.4) is 0 Å². The first-order valence-corrected chi connectivity index (χ1v) is 15.9. The first kappa shape index (κ1) is 26.7.